The molecule has 1 aromatic rings. The van der Waals surface area contributed by atoms with Crippen molar-refractivity contribution < 1.29 is 22.1 Å². The van der Waals surface area contributed by atoms with Gasteiger partial charge in [0.05, 0.1) is 17.6 Å². The van der Waals surface area contributed by atoms with Gasteiger partial charge in [-0.2, -0.15) is 8.42 Å². The van der Waals surface area contributed by atoms with Crippen molar-refractivity contribution >= 4 is 10.1 Å². The minimum absolute atomic E-state index is 0.0253. The second-order valence-corrected chi connectivity index (χ2v) is 15.5. The van der Waals surface area contributed by atoms with Gasteiger partial charge in [0.15, 0.2) is 6.29 Å². The summed E-state index contributed by atoms with van der Waals surface area (Å²) < 4.78 is 43.9. The molecule has 38 heavy (non-hydrogen) atoms. The molecule has 0 N–H and O–H groups in total. The van der Waals surface area contributed by atoms with Gasteiger partial charge < -0.3 is 9.47 Å². The molecule has 0 amide bonds. The third-order valence-corrected chi connectivity index (χ3v) is 13.3. The van der Waals surface area contributed by atoms with Gasteiger partial charge in [-0.3, -0.25) is 4.18 Å². The van der Waals surface area contributed by atoms with Gasteiger partial charge in [0.1, 0.15) is 0 Å². The number of rotatable bonds is 6. The maximum atomic E-state index is 12.9. The highest BCUT2D eigenvalue weighted by atomic mass is 32.2. The molecule has 9 unspecified atom stereocenters. The molecular weight excluding hydrogens is 496 g/mol. The number of fused-ring (bicyclic) bond motifs is 5. The molecule has 0 aromatic heterocycles. The van der Waals surface area contributed by atoms with Crippen molar-refractivity contribution in [3.05, 3.63) is 29.8 Å². The van der Waals surface area contributed by atoms with Crippen LogP contribution in [0.5, 0.6) is 0 Å². The Morgan fingerprint density at radius 3 is 2.42 bits per heavy atom. The second-order valence-electron chi connectivity index (χ2n) is 13.9. The summed E-state index contributed by atoms with van der Waals surface area (Å²) in [6.07, 6.45) is 14.9. The van der Waals surface area contributed by atoms with Gasteiger partial charge >= 0.3 is 0 Å². The lowest BCUT2D eigenvalue weighted by Gasteiger charge is -2.61. The summed E-state index contributed by atoms with van der Waals surface area (Å²) in [6, 6.07) is 7.00. The Balaban J connectivity index is 1.09. The summed E-state index contributed by atoms with van der Waals surface area (Å²) >= 11 is 0. The van der Waals surface area contributed by atoms with Crippen molar-refractivity contribution in [1.29, 1.82) is 0 Å². The van der Waals surface area contributed by atoms with E-state index in [4.69, 9.17) is 13.7 Å². The van der Waals surface area contributed by atoms with E-state index in [1.807, 2.05) is 19.1 Å². The monoisotopic (exact) mass is 544 g/mol. The lowest BCUT2D eigenvalue weighted by atomic mass is 9.44. The van der Waals surface area contributed by atoms with E-state index in [1.165, 1.54) is 64.2 Å². The molecule has 9 atom stereocenters. The van der Waals surface area contributed by atoms with Crippen molar-refractivity contribution in [3.63, 3.8) is 0 Å². The fourth-order valence-corrected chi connectivity index (χ4v) is 10.7. The highest BCUT2D eigenvalue weighted by Gasteiger charge is 2.60. The van der Waals surface area contributed by atoms with E-state index in [0.29, 0.717) is 30.0 Å². The molecule has 5 fully saturated rings. The Morgan fingerprint density at radius 2 is 1.66 bits per heavy atom. The molecule has 1 aromatic carbocycles. The van der Waals surface area contributed by atoms with E-state index in [0.717, 1.165) is 42.8 Å². The third-order valence-electron chi connectivity index (χ3n) is 12.0. The van der Waals surface area contributed by atoms with Crippen molar-refractivity contribution in [2.75, 3.05) is 13.2 Å². The molecule has 1 aliphatic heterocycles. The Labute approximate surface area is 230 Å². The van der Waals surface area contributed by atoms with E-state index in [9.17, 15) is 8.42 Å². The van der Waals surface area contributed by atoms with Gasteiger partial charge in [-0.1, -0.05) is 31.5 Å². The van der Waals surface area contributed by atoms with Crippen LogP contribution in [0.3, 0.4) is 0 Å². The average Bonchev–Trinajstić information content (AvgIpc) is 3.25. The lowest BCUT2D eigenvalue weighted by Crippen LogP contribution is -2.54. The summed E-state index contributed by atoms with van der Waals surface area (Å²) in [5, 5.41) is 0. The normalized spacial score (nSPS) is 43.2. The van der Waals surface area contributed by atoms with Gasteiger partial charge in [-0.25, -0.2) is 0 Å². The summed E-state index contributed by atoms with van der Waals surface area (Å²) in [7, 11) is -3.71. The standard InChI is InChI=1S/C32H48O5S/c1-22-7-11-26(12-8-22)38(33,34)36-21-24-10-14-28-27-13-9-23-20-25(37-30-6-4-5-19-35-30)15-17-31(23,2)29(27)16-18-32(24,28)3/h7-8,11-12,23-25,27-30H,4-6,9-10,13-21H2,1-3H3. The van der Waals surface area contributed by atoms with Crippen LogP contribution in [0, 0.1) is 47.3 Å². The number of benzene rings is 1. The molecule has 4 aliphatic carbocycles. The lowest BCUT2D eigenvalue weighted by molar-refractivity contribution is -0.212. The number of ether oxygens (including phenoxy) is 2. The van der Waals surface area contributed by atoms with Gasteiger partial charge in [0.2, 0.25) is 0 Å². The highest BCUT2D eigenvalue weighted by molar-refractivity contribution is 7.86. The van der Waals surface area contributed by atoms with E-state index in [1.54, 1.807) is 12.1 Å². The molecule has 1 heterocycles. The minimum Gasteiger partial charge on any atom is -0.353 e. The van der Waals surface area contributed by atoms with Crippen molar-refractivity contribution in [2.45, 2.75) is 115 Å². The molecule has 212 valence electrons. The van der Waals surface area contributed by atoms with Crippen LogP contribution in [0.2, 0.25) is 0 Å². The Morgan fingerprint density at radius 1 is 0.895 bits per heavy atom. The summed E-state index contributed by atoms with van der Waals surface area (Å²) in [5.74, 6) is 3.34. The fourth-order valence-electron chi connectivity index (χ4n) is 9.70. The highest BCUT2D eigenvalue weighted by Crippen LogP contribution is 2.67. The summed E-state index contributed by atoms with van der Waals surface area (Å²) in [5.41, 5.74) is 1.65. The Kier molecular flexibility index (Phi) is 7.50. The zero-order valence-corrected chi connectivity index (χ0v) is 24.5. The maximum absolute atomic E-state index is 12.9. The van der Waals surface area contributed by atoms with Crippen LogP contribution in [0.1, 0.15) is 96.5 Å². The quantitative estimate of drug-likeness (QED) is 0.278. The second kappa shape index (κ2) is 10.5. The van der Waals surface area contributed by atoms with Crippen molar-refractivity contribution in [3.8, 4) is 0 Å². The topological polar surface area (TPSA) is 61.8 Å². The largest absolute Gasteiger partial charge is 0.353 e. The van der Waals surface area contributed by atoms with Crippen LogP contribution in [0.4, 0.5) is 0 Å². The van der Waals surface area contributed by atoms with E-state index < -0.39 is 10.1 Å². The molecule has 5 aliphatic rings. The molecule has 6 heteroatoms. The van der Waals surface area contributed by atoms with Crippen LogP contribution < -0.4 is 0 Å². The van der Waals surface area contributed by atoms with Gasteiger partial charge in [0, 0.05) is 6.61 Å². The molecule has 0 spiro atoms. The predicted octanol–water partition coefficient (Wildman–Crippen LogP) is 7.27. The first kappa shape index (κ1) is 27.2. The average molecular weight is 545 g/mol. The minimum atomic E-state index is -3.71. The third kappa shape index (κ3) is 4.90. The van der Waals surface area contributed by atoms with Gasteiger partial charge in [-0.05, 0) is 137 Å². The van der Waals surface area contributed by atoms with Crippen LogP contribution in [-0.4, -0.2) is 34.0 Å². The van der Waals surface area contributed by atoms with Crippen LogP contribution >= 0.6 is 0 Å². The van der Waals surface area contributed by atoms with Gasteiger partial charge in [-0.15, -0.1) is 0 Å². The number of hydrogen-bond donors (Lipinski definition) is 0. The van der Waals surface area contributed by atoms with Gasteiger partial charge in [0.25, 0.3) is 10.1 Å². The summed E-state index contributed by atoms with van der Waals surface area (Å²) in [6.45, 7) is 8.20. The molecule has 5 nitrogen and oxygen atoms in total. The van der Waals surface area contributed by atoms with Crippen molar-refractivity contribution in [1.82, 2.24) is 0 Å². The fraction of sp³-hybridized carbons (Fsp3) is 0.812. The van der Waals surface area contributed by atoms with Crippen LogP contribution in [0.25, 0.3) is 0 Å². The molecule has 1 saturated heterocycles. The van der Waals surface area contributed by atoms with Crippen molar-refractivity contribution in [2.24, 2.45) is 40.4 Å². The number of hydrogen-bond acceptors (Lipinski definition) is 5. The summed E-state index contributed by atoms with van der Waals surface area (Å²) in [4.78, 5) is 0.271. The molecule has 0 radical (unpaired) electrons. The van der Waals surface area contributed by atoms with Crippen LogP contribution in [0.15, 0.2) is 29.2 Å². The van der Waals surface area contributed by atoms with E-state index in [-0.39, 0.29) is 16.6 Å². The molecule has 0 bridgehead atoms. The predicted molar refractivity (Wildman–Crippen MR) is 148 cm³/mol. The van der Waals surface area contributed by atoms with Crippen LogP contribution in [-0.2, 0) is 23.8 Å². The zero-order chi connectivity index (χ0) is 26.5. The molecule has 6 rings (SSSR count). The first-order valence-electron chi connectivity index (χ1n) is 15.4. The Hall–Kier alpha value is -0.950. The van der Waals surface area contributed by atoms with E-state index in [2.05, 4.69) is 13.8 Å². The maximum Gasteiger partial charge on any atom is 0.296 e. The first-order valence-corrected chi connectivity index (χ1v) is 16.8. The molecular formula is C32H48O5S. The number of aryl methyl sites for hydroxylation is 1. The first-order chi connectivity index (χ1) is 18.2. The zero-order valence-electron chi connectivity index (χ0n) is 23.7. The molecule has 4 saturated carbocycles. The smallest absolute Gasteiger partial charge is 0.296 e. The van der Waals surface area contributed by atoms with E-state index >= 15 is 0 Å². The SMILES string of the molecule is Cc1ccc(S(=O)(=O)OCC2CCC3C4CCC5CC(OC6CCCCO6)CCC5(C)C4CCC23C)cc1. The Bertz CT molecular complexity index is 1080.